The van der Waals surface area contributed by atoms with Gasteiger partial charge in [-0.25, -0.2) is 4.52 Å². The van der Waals surface area contributed by atoms with Gasteiger partial charge in [0, 0.05) is 24.0 Å². The fourth-order valence-corrected chi connectivity index (χ4v) is 3.57. The van der Waals surface area contributed by atoms with Crippen molar-refractivity contribution < 1.29 is 14.0 Å². The number of methoxy groups -OCH3 is 2. The molecule has 3 aromatic heterocycles. The molecule has 0 atom stereocenters. The van der Waals surface area contributed by atoms with Gasteiger partial charge in [0.1, 0.15) is 23.6 Å². The average molecular weight is 443 g/mol. The molecule has 2 aromatic carbocycles. The van der Waals surface area contributed by atoms with Crippen molar-refractivity contribution in [2.75, 3.05) is 14.2 Å². The number of ether oxygens (including phenoxy) is 2. The molecule has 0 N–H and O–H groups in total. The normalized spacial score (nSPS) is 11.1. The molecule has 0 fully saturated rings. The summed E-state index contributed by atoms with van der Waals surface area (Å²) in [7, 11) is 3.14. The van der Waals surface area contributed by atoms with Crippen molar-refractivity contribution >= 4 is 5.52 Å². The molecule has 0 aliphatic rings. The van der Waals surface area contributed by atoms with E-state index in [1.807, 2.05) is 31.2 Å². The Labute approximate surface area is 188 Å². The Hall–Kier alpha value is -4.40. The van der Waals surface area contributed by atoms with Crippen molar-refractivity contribution in [2.45, 2.75) is 13.5 Å². The van der Waals surface area contributed by atoms with Gasteiger partial charge in [0.25, 0.3) is 5.56 Å². The number of fused-ring (bicyclic) bond motifs is 1. The Morgan fingerprint density at radius 1 is 1.00 bits per heavy atom. The number of benzene rings is 2. The molecule has 0 unspecified atom stereocenters. The first kappa shape index (κ1) is 20.5. The lowest BCUT2D eigenvalue weighted by Crippen LogP contribution is -2.21. The molecule has 0 aliphatic heterocycles. The second-order valence-electron chi connectivity index (χ2n) is 7.53. The summed E-state index contributed by atoms with van der Waals surface area (Å²) in [6.07, 6.45) is 3.39. The lowest BCUT2D eigenvalue weighted by atomic mass is 10.1. The van der Waals surface area contributed by atoms with Crippen molar-refractivity contribution in [3.63, 3.8) is 0 Å². The van der Waals surface area contributed by atoms with E-state index in [1.165, 1.54) is 4.57 Å². The Balaban J connectivity index is 1.44. The summed E-state index contributed by atoms with van der Waals surface area (Å²) < 4.78 is 19.1. The van der Waals surface area contributed by atoms with E-state index < -0.39 is 0 Å². The van der Waals surface area contributed by atoms with Crippen molar-refractivity contribution in [1.29, 1.82) is 0 Å². The van der Waals surface area contributed by atoms with Crippen LogP contribution in [0, 0.1) is 6.92 Å². The molecule has 0 aliphatic carbocycles. The van der Waals surface area contributed by atoms with Crippen LogP contribution in [0.2, 0.25) is 0 Å². The number of aromatic nitrogens is 5. The van der Waals surface area contributed by atoms with Crippen LogP contribution in [0.25, 0.3) is 28.2 Å². The minimum atomic E-state index is -0.204. The minimum absolute atomic E-state index is 0.131. The van der Waals surface area contributed by atoms with Crippen LogP contribution >= 0.6 is 0 Å². The summed E-state index contributed by atoms with van der Waals surface area (Å²) in [5.74, 6) is 1.88. The Morgan fingerprint density at radius 2 is 1.82 bits per heavy atom. The molecule has 0 saturated heterocycles. The first-order chi connectivity index (χ1) is 16.1. The highest BCUT2D eigenvalue weighted by Gasteiger charge is 2.16. The Morgan fingerprint density at radius 3 is 2.58 bits per heavy atom. The van der Waals surface area contributed by atoms with Crippen molar-refractivity contribution in [3.8, 4) is 34.1 Å². The molecule has 0 bridgehead atoms. The molecular formula is C24H21N5O4. The van der Waals surface area contributed by atoms with E-state index in [1.54, 1.807) is 55.4 Å². The molecule has 166 valence electrons. The minimum Gasteiger partial charge on any atom is -0.497 e. The second-order valence-corrected chi connectivity index (χ2v) is 7.53. The van der Waals surface area contributed by atoms with Crippen LogP contribution in [0.4, 0.5) is 0 Å². The van der Waals surface area contributed by atoms with Gasteiger partial charge in [-0.3, -0.25) is 4.79 Å². The molecule has 0 radical (unpaired) electrons. The highest BCUT2D eigenvalue weighted by atomic mass is 16.5. The van der Waals surface area contributed by atoms with Crippen molar-refractivity contribution in [1.82, 2.24) is 24.3 Å². The lowest BCUT2D eigenvalue weighted by molar-refractivity contribution is 0.369. The smallest absolute Gasteiger partial charge is 0.277 e. The highest BCUT2D eigenvalue weighted by molar-refractivity contribution is 5.66. The van der Waals surface area contributed by atoms with Crippen LogP contribution in [0.5, 0.6) is 11.5 Å². The van der Waals surface area contributed by atoms with Crippen LogP contribution < -0.4 is 15.0 Å². The Kier molecular flexibility index (Phi) is 5.14. The zero-order valence-corrected chi connectivity index (χ0v) is 18.3. The quantitative estimate of drug-likeness (QED) is 0.396. The predicted molar refractivity (Wildman–Crippen MR) is 122 cm³/mol. The summed E-state index contributed by atoms with van der Waals surface area (Å²) in [6.45, 7) is 2.16. The number of aryl methyl sites for hydroxylation is 1. The van der Waals surface area contributed by atoms with Gasteiger partial charge in [0.05, 0.1) is 25.5 Å². The first-order valence-corrected chi connectivity index (χ1v) is 10.3. The van der Waals surface area contributed by atoms with Gasteiger partial charge >= 0.3 is 0 Å². The molecule has 5 rings (SSSR count). The third kappa shape index (κ3) is 3.84. The molecular weight excluding hydrogens is 422 g/mol. The van der Waals surface area contributed by atoms with E-state index in [0.29, 0.717) is 34.3 Å². The van der Waals surface area contributed by atoms with Gasteiger partial charge in [0.15, 0.2) is 0 Å². The molecule has 9 heteroatoms. The summed E-state index contributed by atoms with van der Waals surface area (Å²) in [5, 5.41) is 8.58. The largest absolute Gasteiger partial charge is 0.497 e. The summed E-state index contributed by atoms with van der Waals surface area (Å²) in [6, 6.07) is 15.1. The van der Waals surface area contributed by atoms with E-state index in [-0.39, 0.29) is 12.1 Å². The fraction of sp³-hybridized carbons (Fsp3) is 0.167. The fourth-order valence-electron chi connectivity index (χ4n) is 3.57. The summed E-state index contributed by atoms with van der Waals surface area (Å²) >= 11 is 0. The first-order valence-electron chi connectivity index (χ1n) is 10.3. The molecule has 0 spiro atoms. The van der Waals surface area contributed by atoms with E-state index >= 15 is 0 Å². The molecule has 33 heavy (non-hydrogen) atoms. The van der Waals surface area contributed by atoms with E-state index in [4.69, 9.17) is 14.0 Å². The lowest BCUT2D eigenvalue weighted by Gasteiger charge is -2.07. The molecule has 9 nitrogen and oxygen atoms in total. The monoisotopic (exact) mass is 443 g/mol. The number of hydrogen-bond acceptors (Lipinski definition) is 7. The zero-order valence-electron chi connectivity index (χ0n) is 18.3. The predicted octanol–water partition coefficient (Wildman–Crippen LogP) is 3.59. The molecule has 0 saturated carbocycles. The Bertz CT molecular complexity index is 1500. The van der Waals surface area contributed by atoms with Crippen LogP contribution in [0.15, 0.2) is 70.2 Å². The van der Waals surface area contributed by atoms with Gasteiger partial charge in [0.2, 0.25) is 11.7 Å². The van der Waals surface area contributed by atoms with Gasteiger partial charge in [-0.05, 0) is 25.1 Å². The van der Waals surface area contributed by atoms with Gasteiger partial charge in [-0.15, -0.1) is 0 Å². The summed E-state index contributed by atoms with van der Waals surface area (Å²) in [5.41, 5.74) is 3.77. The average Bonchev–Trinajstić information content (AvgIpc) is 3.48. The van der Waals surface area contributed by atoms with Crippen molar-refractivity contribution in [2.24, 2.45) is 0 Å². The van der Waals surface area contributed by atoms with Crippen LogP contribution in [0.1, 0.15) is 11.5 Å². The van der Waals surface area contributed by atoms with Crippen molar-refractivity contribution in [3.05, 3.63) is 82.7 Å². The maximum absolute atomic E-state index is 13.1. The van der Waals surface area contributed by atoms with E-state index in [2.05, 4.69) is 15.2 Å². The summed E-state index contributed by atoms with van der Waals surface area (Å²) in [4.78, 5) is 17.5. The topological polar surface area (TPSA) is 96.7 Å². The van der Waals surface area contributed by atoms with Crippen LogP contribution in [0.3, 0.4) is 0 Å². The standard InChI is InChI=1S/C24H21N5O4/c1-15-4-6-16(7-5-15)19-13-20-24(30)28(10-11-29(20)26-19)14-22-25-23(27-33-22)18-9-8-17(31-2)12-21(18)32-3/h4-13H,14H2,1-3H3. The van der Waals surface area contributed by atoms with E-state index in [9.17, 15) is 4.79 Å². The zero-order chi connectivity index (χ0) is 22.9. The maximum atomic E-state index is 13.1. The molecule has 3 heterocycles. The van der Waals surface area contributed by atoms with Gasteiger partial charge < -0.3 is 18.6 Å². The maximum Gasteiger partial charge on any atom is 0.277 e. The third-order valence-electron chi connectivity index (χ3n) is 5.37. The second kappa shape index (κ2) is 8.27. The molecule has 0 amide bonds. The SMILES string of the molecule is COc1ccc(-c2noc(Cn3ccn4nc(-c5ccc(C)cc5)cc4c3=O)n2)c(OC)c1. The number of nitrogens with zero attached hydrogens (tertiary/aromatic N) is 5. The third-order valence-corrected chi connectivity index (χ3v) is 5.37. The van der Waals surface area contributed by atoms with Crippen LogP contribution in [-0.2, 0) is 6.54 Å². The highest BCUT2D eigenvalue weighted by Crippen LogP contribution is 2.31. The number of rotatable bonds is 6. The van der Waals surface area contributed by atoms with Crippen LogP contribution in [-0.4, -0.2) is 38.5 Å². The van der Waals surface area contributed by atoms with E-state index in [0.717, 1.165) is 16.8 Å². The number of hydrogen-bond donors (Lipinski definition) is 0. The van der Waals surface area contributed by atoms with Gasteiger partial charge in [-0.2, -0.15) is 10.1 Å². The molecule has 5 aromatic rings. The van der Waals surface area contributed by atoms with Gasteiger partial charge in [-0.1, -0.05) is 35.0 Å².